The van der Waals surface area contributed by atoms with E-state index in [4.69, 9.17) is 0 Å². The summed E-state index contributed by atoms with van der Waals surface area (Å²) in [4.78, 5) is 0. The summed E-state index contributed by atoms with van der Waals surface area (Å²) in [5, 5.41) is 7.89. The van der Waals surface area contributed by atoms with Crippen molar-refractivity contribution in [3.8, 4) is 0 Å². The van der Waals surface area contributed by atoms with E-state index >= 15 is 0 Å². The van der Waals surface area contributed by atoms with E-state index in [-0.39, 0.29) is 0 Å². The van der Waals surface area contributed by atoms with Gasteiger partial charge in [0.05, 0.1) is 5.69 Å². The van der Waals surface area contributed by atoms with E-state index in [0.717, 1.165) is 6.54 Å². The highest BCUT2D eigenvalue weighted by Gasteiger charge is 2.23. The Bertz CT molecular complexity index is 559. The standard InChI is InChI=1S/C16H21N3/c1-12-7-8-16(15-6-4-3-5-14(12)15)17-11-13-9-10-18-19(13)2/h3-6,9-10,12,16-17H,7-8,11H2,1-2H3. The van der Waals surface area contributed by atoms with Crippen molar-refractivity contribution in [2.75, 3.05) is 0 Å². The number of aromatic nitrogens is 2. The second-order valence-corrected chi connectivity index (χ2v) is 5.49. The van der Waals surface area contributed by atoms with Crippen LogP contribution in [0.2, 0.25) is 0 Å². The van der Waals surface area contributed by atoms with Crippen molar-refractivity contribution in [1.82, 2.24) is 15.1 Å². The molecule has 1 aromatic heterocycles. The molecule has 0 fully saturated rings. The van der Waals surface area contributed by atoms with Crippen molar-refractivity contribution < 1.29 is 0 Å². The van der Waals surface area contributed by atoms with Crippen molar-refractivity contribution in [3.63, 3.8) is 0 Å². The van der Waals surface area contributed by atoms with Crippen LogP contribution in [-0.2, 0) is 13.6 Å². The number of nitrogens with zero attached hydrogens (tertiary/aromatic N) is 2. The monoisotopic (exact) mass is 255 g/mol. The Morgan fingerprint density at radius 1 is 1.21 bits per heavy atom. The maximum Gasteiger partial charge on any atom is 0.0518 e. The lowest BCUT2D eigenvalue weighted by atomic mass is 9.81. The van der Waals surface area contributed by atoms with Gasteiger partial charge >= 0.3 is 0 Å². The molecule has 1 N–H and O–H groups in total. The summed E-state index contributed by atoms with van der Waals surface area (Å²) in [6, 6.07) is 11.4. The molecule has 0 radical (unpaired) electrons. The summed E-state index contributed by atoms with van der Waals surface area (Å²) in [7, 11) is 1.99. The van der Waals surface area contributed by atoms with Crippen LogP contribution < -0.4 is 5.32 Å². The molecule has 0 spiro atoms. The lowest BCUT2D eigenvalue weighted by Gasteiger charge is -2.30. The van der Waals surface area contributed by atoms with Gasteiger partial charge in [-0.25, -0.2) is 0 Å². The number of hydrogen-bond acceptors (Lipinski definition) is 2. The third kappa shape index (κ3) is 2.43. The molecule has 2 unspecified atom stereocenters. The van der Waals surface area contributed by atoms with Gasteiger partial charge in [-0.15, -0.1) is 0 Å². The van der Waals surface area contributed by atoms with Gasteiger partial charge in [0, 0.05) is 25.8 Å². The molecule has 0 aliphatic heterocycles. The molecule has 100 valence electrons. The molecule has 1 aliphatic carbocycles. The van der Waals surface area contributed by atoms with E-state index < -0.39 is 0 Å². The average molecular weight is 255 g/mol. The summed E-state index contributed by atoms with van der Waals surface area (Å²) in [6.07, 6.45) is 4.34. The van der Waals surface area contributed by atoms with Gasteiger partial charge in [0.2, 0.25) is 0 Å². The highest BCUT2D eigenvalue weighted by molar-refractivity contribution is 5.34. The van der Waals surface area contributed by atoms with Gasteiger partial charge < -0.3 is 5.32 Å². The largest absolute Gasteiger partial charge is 0.304 e. The molecule has 2 atom stereocenters. The zero-order chi connectivity index (χ0) is 13.2. The fourth-order valence-electron chi connectivity index (χ4n) is 3.02. The average Bonchev–Trinajstić information content (AvgIpc) is 2.84. The number of fused-ring (bicyclic) bond motifs is 1. The molecular weight excluding hydrogens is 234 g/mol. The van der Waals surface area contributed by atoms with Crippen LogP contribution in [0.1, 0.15) is 48.5 Å². The highest BCUT2D eigenvalue weighted by Crippen LogP contribution is 2.36. The first-order chi connectivity index (χ1) is 9.25. The van der Waals surface area contributed by atoms with Crippen molar-refractivity contribution in [1.29, 1.82) is 0 Å². The van der Waals surface area contributed by atoms with Crippen LogP contribution in [0, 0.1) is 0 Å². The van der Waals surface area contributed by atoms with Gasteiger partial charge in [0.25, 0.3) is 0 Å². The summed E-state index contributed by atoms with van der Waals surface area (Å²) >= 11 is 0. The van der Waals surface area contributed by atoms with Crippen molar-refractivity contribution in [2.45, 2.75) is 38.3 Å². The van der Waals surface area contributed by atoms with Gasteiger partial charge in [-0.3, -0.25) is 4.68 Å². The second-order valence-electron chi connectivity index (χ2n) is 5.49. The molecule has 0 saturated heterocycles. The van der Waals surface area contributed by atoms with Crippen molar-refractivity contribution >= 4 is 0 Å². The zero-order valence-electron chi connectivity index (χ0n) is 11.6. The maximum atomic E-state index is 4.21. The van der Waals surface area contributed by atoms with Gasteiger partial charge in [-0.1, -0.05) is 31.2 Å². The van der Waals surface area contributed by atoms with Gasteiger partial charge in [0.15, 0.2) is 0 Å². The minimum atomic E-state index is 0.474. The fraction of sp³-hybridized carbons (Fsp3) is 0.438. The molecule has 3 heteroatoms. The lowest BCUT2D eigenvalue weighted by Crippen LogP contribution is -2.26. The molecule has 0 bridgehead atoms. The molecule has 0 saturated carbocycles. The smallest absolute Gasteiger partial charge is 0.0518 e. The van der Waals surface area contributed by atoms with E-state index in [2.05, 4.69) is 47.7 Å². The predicted octanol–water partition coefficient (Wildman–Crippen LogP) is 3.15. The normalized spacial score (nSPS) is 22.2. The number of rotatable bonds is 3. The molecule has 1 aromatic carbocycles. The maximum absolute atomic E-state index is 4.21. The van der Waals surface area contributed by atoms with Crippen LogP contribution in [0.4, 0.5) is 0 Å². The Balaban J connectivity index is 1.76. The minimum absolute atomic E-state index is 0.474. The van der Waals surface area contributed by atoms with E-state index in [0.29, 0.717) is 12.0 Å². The first-order valence-corrected chi connectivity index (χ1v) is 7.05. The zero-order valence-corrected chi connectivity index (χ0v) is 11.6. The van der Waals surface area contributed by atoms with Crippen molar-refractivity contribution in [3.05, 3.63) is 53.3 Å². The molecule has 19 heavy (non-hydrogen) atoms. The SMILES string of the molecule is CC1CCC(NCc2ccnn2C)c2ccccc21. The summed E-state index contributed by atoms with van der Waals surface area (Å²) in [5.41, 5.74) is 4.22. The molecule has 1 heterocycles. The summed E-state index contributed by atoms with van der Waals surface area (Å²) in [6.45, 7) is 3.21. The molecular formula is C16H21N3. The number of nitrogens with one attached hydrogen (secondary N) is 1. The van der Waals surface area contributed by atoms with E-state index in [1.165, 1.54) is 29.7 Å². The molecule has 3 rings (SSSR count). The number of benzene rings is 1. The Kier molecular flexibility index (Phi) is 3.38. The third-order valence-electron chi connectivity index (χ3n) is 4.24. The summed E-state index contributed by atoms with van der Waals surface area (Å²) in [5.74, 6) is 0.686. The van der Waals surface area contributed by atoms with Crippen LogP contribution in [0.3, 0.4) is 0 Å². The van der Waals surface area contributed by atoms with Crippen molar-refractivity contribution in [2.24, 2.45) is 7.05 Å². The third-order valence-corrected chi connectivity index (χ3v) is 4.24. The summed E-state index contributed by atoms with van der Waals surface area (Å²) < 4.78 is 1.93. The second kappa shape index (κ2) is 5.17. The Morgan fingerprint density at radius 2 is 2.00 bits per heavy atom. The van der Waals surface area contributed by atoms with Crippen LogP contribution in [-0.4, -0.2) is 9.78 Å². The van der Waals surface area contributed by atoms with Gasteiger partial charge in [0.1, 0.15) is 0 Å². The van der Waals surface area contributed by atoms with Gasteiger partial charge in [-0.05, 0) is 36.0 Å². The molecule has 0 amide bonds. The van der Waals surface area contributed by atoms with E-state index in [1.807, 2.05) is 17.9 Å². The highest BCUT2D eigenvalue weighted by atomic mass is 15.3. The minimum Gasteiger partial charge on any atom is -0.304 e. The van der Waals surface area contributed by atoms with Gasteiger partial charge in [-0.2, -0.15) is 5.10 Å². The quantitative estimate of drug-likeness (QED) is 0.913. The molecule has 1 aliphatic rings. The fourth-order valence-corrected chi connectivity index (χ4v) is 3.02. The Hall–Kier alpha value is -1.61. The van der Waals surface area contributed by atoms with E-state index in [9.17, 15) is 0 Å². The lowest BCUT2D eigenvalue weighted by molar-refractivity contribution is 0.425. The first kappa shape index (κ1) is 12.4. The topological polar surface area (TPSA) is 29.9 Å². The van der Waals surface area contributed by atoms with Crippen LogP contribution in [0.15, 0.2) is 36.5 Å². The predicted molar refractivity (Wildman–Crippen MR) is 76.9 cm³/mol. The molecule has 2 aromatic rings. The van der Waals surface area contributed by atoms with Crippen LogP contribution in [0.25, 0.3) is 0 Å². The first-order valence-electron chi connectivity index (χ1n) is 7.05. The van der Waals surface area contributed by atoms with Crippen LogP contribution >= 0.6 is 0 Å². The van der Waals surface area contributed by atoms with E-state index in [1.54, 1.807) is 0 Å². The molecule has 3 nitrogen and oxygen atoms in total. The number of hydrogen-bond donors (Lipinski definition) is 1. The number of aryl methyl sites for hydroxylation is 1. The Labute approximate surface area is 114 Å². The van der Waals surface area contributed by atoms with Crippen LogP contribution in [0.5, 0.6) is 0 Å². The Morgan fingerprint density at radius 3 is 2.74 bits per heavy atom.